The van der Waals surface area contributed by atoms with Crippen molar-refractivity contribution < 1.29 is 0 Å². The van der Waals surface area contributed by atoms with E-state index in [2.05, 4.69) is 29.8 Å². The Balaban J connectivity index is 2.82. The Hall–Kier alpha value is -1.37. The molecule has 0 atom stereocenters. The van der Waals surface area contributed by atoms with E-state index in [4.69, 9.17) is 0 Å². The molecule has 1 heteroatoms. The third kappa shape index (κ3) is 2.56. The molecule has 14 heavy (non-hydrogen) atoms. The van der Waals surface area contributed by atoms with Gasteiger partial charge in [-0.15, -0.1) is 0 Å². The van der Waals surface area contributed by atoms with E-state index in [1.807, 2.05) is 26.8 Å². The molecule has 0 heterocycles. The van der Waals surface area contributed by atoms with E-state index in [1.54, 1.807) is 0 Å². The normalized spacial score (nSPS) is 17.2. The van der Waals surface area contributed by atoms with Crippen LogP contribution in [-0.4, -0.2) is 5.71 Å². The highest BCUT2D eigenvalue weighted by Crippen LogP contribution is 2.16. The van der Waals surface area contributed by atoms with Crippen LogP contribution >= 0.6 is 0 Å². The second-order valence-corrected chi connectivity index (χ2v) is 3.48. The summed E-state index contributed by atoms with van der Waals surface area (Å²) >= 11 is 0. The van der Waals surface area contributed by atoms with Gasteiger partial charge in [0.25, 0.3) is 0 Å². The van der Waals surface area contributed by atoms with Crippen molar-refractivity contribution in [1.82, 2.24) is 0 Å². The van der Waals surface area contributed by atoms with E-state index in [0.717, 1.165) is 23.4 Å². The van der Waals surface area contributed by atoms with Crippen LogP contribution in [0.2, 0.25) is 0 Å². The maximum atomic E-state index is 4.55. The molecule has 0 unspecified atom stereocenters. The summed E-state index contributed by atoms with van der Waals surface area (Å²) in [5.41, 5.74) is 4.38. The van der Waals surface area contributed by atoms with E-state index in [1.165, 1.54) is 5.57 Å². The van der Waals surface area contributed by atoms with Crippen LogP contribution in [0.3, 0.4) is 0 Å². The Morgan fingerprint density at radius 3 is 2.64 bits per heavy atom. The van der Waals surface area contributed by atoms with Crippen LogP contribution in [-0.2, 0) is 0 Å². The van der Waals surface area contributed by atoms with Gasteiger partial charge >= 0.3 is 0 Å². The third-order valence-corrected chi connectivity index (χ3v) is 2.23. The van der Waals surface area contributed by atoms with Crippen LogP contribution in [0.1, 0.15) is 27.2 Å². The molecule has 0 amide bonds. The monoisotopic (exact) mass is 187 g/mol. The number of nitrogens with zero attached hydrogens (tertiary/aromatic N) is 1. The first kappa shape index (κ1) is 10.7. The third-order valence-electron chi connectivity index (χ3n) is 2.23. The van der Waals surface area contributed by atoms with Crippen LogP contribution in [0.4, 0.5) is 0 Å². The minimum Gasteiger partial charge on any atom is -0.254 e. The molecule has 74 valence electrons. The quantitative estimate of drug-likeness (QED) is 0.470. The van der Waals surface area contributed by atoms with E-state index in [9.17, 15) is 0 Å². The minimum atomic E-state index is 0.982. The van der Waals surface area contributed by atoms with Gasteiger partial charge in [-0.25, -0.2) is 0 Å². The lowest BCUT2D eigenvalue weighted by Gasteiger charge is -2.04. The van der Waals surface area contributed by atoms with Crippen LogP contribution in [0, 0.1) is 0 Å². The van der Waals surface area contributed by atoms with E-state index < -0.39 is 0 Å². The molecule has 0 bridgehead atoms. The second-order valence-electron chi connectivity index (χ2n) is 3.48. The van der Waals surface area contributed by atoms with Crippen LogP contribution < -0.4 is 0 Å². The van der Waals surface area contributed by atoms with Crippen molar-refractivity contribution in [1.29, 1.82) is 0 Å². The highest BCUT2D eigenvalue weighted by Gasteiger charge is 2.03. The topological polar surface area (TPSA) is 12.4 Å². The average molecular weight is 187 g/mol. The second kappa shape index (κ2) is 4.75. The Kier molecular flexibility index (Phi) is 3.63. The molecule has 0 fully saturated rings. The van der Waals surface area contributed by atoms with E-state index in [-0.39, 0.29) is 0 Å². The van der Waals surface area contributed by atoms with Crippen LogP contribution in [0.15, 0.2) is 52.7 Å². The smallest absolute Gasteiger partial charge is 0.0613 e. The van der Waals surface area contributed by atoms with Crippen molar-refractivity contribution in [2.24, 2.45) is 4.99 Å². The first-order valence-corrected chi connectivity index (χ1v) is 4.88. The fourth-order valence-corrected chi connectivity index (χ4v) is 1.37. The zero-order chi connectivity index (χ0) is 10.6. The van der Waals surface area contributed by atoms with Gasteiger partial charge in [0, 0.05) is 5.71 Å². The lowest BCUT2D eigenvalue weighted by molar-refractivity contribution is 1.25. The highest BCUT2D eigenvalue weighted by atomic mass is 14.8. The first-order valence-electron chi connectivity index (χ1n) is 4.88. The lowest BCUT2D eigenvalue weighted by Crippen LogP contribution is -1.96. The first-order chi connectivity index (χ1) is 6.65. The molecule has 0 aromatic rings. The molecule has 1 aliphatic carbocycles. The molecule has 1 rings (SSSR count). The molecular formula is C13H17N. The maximum Gasteiger partial charge on any atom is 0.0613 e. The number of hydrogen-bond donors (Lipinski definition) is 0. The zero-order valence-corrected chi connectivity index (χ0v) is 9.17. The average Bonchev–Trinajstić information content (AvgIpc) is 2.65. The van der Waals surface area contributed by atoms with Crippen molar-refractivity contribution in [3.05, 3.63) is 47.7 Å². The van der Waals surface area contributed by atoms with Gasteiger partial charge in [-0.05, 0) is 38.3 Å². The predicted octanol–water partition coefficient (Wildman–Crippen LogP) is 3.81. The summed E-state index contributed by atoms with van der Waals surface area (Å²) < 4.78 is 0. The molecular weight excluding hydrogens is 170 g/mol. The zero-order valence-electron chi connectivity index (χ0n) is 9.17. The lowest BCUT2D eigenvalue weighted by atomic mass is 10.1. The van der Waals surface area contributed by atoms with Gasteiger partial charge < -0.3 is 0 Å². The summed E-state index contributed by atoms with van der Waals surface area (Å²) in [7, 11) is 0. The van der Waals surface area contributed by atoms with Crippen molar-refractivity contribution in [2.75, 3.05) is 0 Å². The van der Waals surface area contributed by atoms with Crippen molar-refractivity contribution >= 4 is 5.71 Å². The van der Waals surface area contributed by atoms with Gasteiger partial charge in [-0.1, -0.05) is 30.9 Å². The SMILES string of the molecule is C=C(C)C(=C/C)/N=C(\C)C1=CC=CC1. The Morgan fingerprint density at radius 2 is 2.21 bits per heavy atom. The molecule has 1 nitrogen and oxygen atoms in total. The number of hydrogen-bond acceptors (Lipinski definition) is 1. The summed E-state index contributed by atoms with van der Waals surface area (Å²) in [4.78, 5) is 4.55. The highest BCUT2D eigenvalue weighted by molar-refractivity contribution is 6.00. The Morgan fingerprint density at radius 1 is 1.50 bits per heavy atom. The number of allylic oxidation sites excluding steroid dienone is 6. The van der Waals surface area contributed by atoms with Crippen LogP contribution in [0.5, 0.6) is 0 Å². The molecule has 0 saturated carbocycles. The molecule has 0 aromatic heterocycles. The van der Waals surface area contributed by atoms with Crippen LogP contribution in [0.25, 0.3) is 0 Å². The van der Waals surface area contributed by atoms with Gasteiger partial charge in [0.05, 0.1) is 5.70 Å². The predicted molar refractivity (Wildman–Crippen MR) is 63.5 cm³/mol. The number of aliphatic imine (C=N–C) groups is 1. The summed E-state index contributed by atoms with van der Waals surface area (Å²) in [6, 6.07) is 0. The fourth-order valence-electron chi connectivity index (χ4n) is 1.37. The van der Waals surface area contributed by atoms with Gasteiger partial charge in [0.2, 0.25) is 0 Å². The largest absolute Gasteiger partial charge is 0.254 e. The van der Waals surface area contributed by atoms with Crippen molar-refractivity contribution in [2.45, 2.75) is 27.2 Å². The molecule has 1 aliphatic rings. The molecule has 0 spiro atoms. The van der Waals surface area contributed by atoms with Gasteiger partial charge in [-0.2, -0.15) is 0 Å². The van der Waals surface area contributed by atoms with Crippen molar-refractivity contribution in [3.8, 4) is 0 Å². The molecule has 0 aliphatic heterocycles. The standard InChI is InChI=1S/C13H17N/c1-5-13(10(2)3)14-11(4)12-8-6-7-9-12/h5-8H,2,9H2,1,3-4H3/b13-5-,14-11+. The molecule has 0 radical (unpaired) electrons. The maximum absolute atomic E-state index is 4.55. The van der Waals surface area contributed by atoms with E-state index in [0.29, 0.717) is 0 Å². The summed E-state index contributed by atoms with van der Waals surface area (Å²) in [6.07, 6.45) is 9.33. The Labute approximate surface area is 86.2 Å². The van der Waals surface area contributed by atoms with Gasteiger partial charge in [0.1, 0.15) is 0 Å². The molecule has 0 N–H and O–H groups in total. The number of rotatable bonds is 3. The molecule has 0 aromatic carbocycles. The molecule has 0 saturated heterocycles. The summed E-state index contributed by atoms with van der Waals surface area (Å²) in [5, 5.41) is 0. The fraction of sp³-hybridized carbons (Fsp3) is 0.308. The Bertz CT molecular complexity index is 351. The van der Waals surface area contributed by atoms with Gasteiger partial charge in [0.15, 0.2) is 0 Å². The minimum absolute atomic E-state index is 0.982. The van der Waals surface area contributed by atoms with Gasteiger partial charge in [-0.3, -0.25) is 4.99 Å². The summed E-state index contributed by atoms with van der Waals surface area (Å²) in [6.45, 7) is 9.91. The van der Waals surface area contributed by atoms with Crippen molar-refractivity contribution in [3.63, 3.8) is 0 Å². The summed E-state index contributed by atoms with van der Waals surface area (Å²) in [5.74, 6) is 0. The van der Waals surface area contributed by atoms with E-state index >= 15 is 0 Å².